The number of ether oxygens (including phenoxy) is 1. The number of aromatic amines is 1. The number of carboxylic acids is 1. The second-order valence-electron chi connectivity index (χ2n) is 5.52. The Bertz CT molecular complexity index is 1160. The van der Waals surface area contributed by atoms with Crippen LogP contribution in [0.4, 0.5) is 0 Å². The normalized spacial score (nSPS) is 11.5. The van der Waals surface area contributed by atoms with Gasteiger partial charge in [-0.15, -0.1) is 0 Å². The van der Waals surface area contributed by atoms with Crippen molar-refractivity contribution in [2.75, 3.05) is 7.11 Å². The molecule has 1 aromatic heterocycles. The van der Waals surface area contributed by atoms with Crippen LogP contribution in [0.25, 0.3) is 18.3 Å². The molecule has 7 heteroatoms. The van der Waals surface area contributed by atoms with Crippen LogP contribution in [0.2, 0.25) is 0 Å². The Morgan fingerprint density at radius 1 is 1.31 bits per heavy atom. The zero-order valence-electron chi connectivity index (χ0n) is 13.8. The van der Waals surface area contributed by atoms with Gasteiger partial charge in [-0.2, -0.15) is 0 Å². The second-order valence-corrected chi connectivity index (χ2v) is 6.38. The first-order valence-electron chi connectivity index (χ1n) is 7.57. The molecular weight excluding hydrogens is 400 g/mol. The summed E-state index contributed by atoms with van der Waals surface area (Å²) in [6, 6.07) is 11.4. The van der Waals surface area contributed by atoms with Gasteiger partial charge in [-0.05, 0) is 57.4 Å². The molecule has 132 valence electrons. The number of methoxy groups -OCH3 is 1. The summed E-state index contributed by atoms with van der Waals surface area (Å²) in [5.41, 5.74) is 0.822. The molecule has 3 aromatic rings. The standard InChI is InChI=1S/C19H15BrN2O4/c1-11-15(8-12-6-7-17(26-2)16(20)9-12)18(23)22(21-11)14-5-3-4-13(10-14)19(24)25/h3-10,21H,1H2,2H3,(H,24,25)/p-1/b15-8+. The van der Waals surface area contributed by atoms with E-state index in [1.807, 2.05) is 12.1 Å². The molecule has 1 heterocycles. The summed E-state index contributed by atoms with van der Waals surface area (Å²) in [6.45, 7) is 3.86. The van der Waals surface area contributed by atoms with Crippen molar-refractivity contribution in [3.8, 4) is 11.4 Å². The fraction of sp³-hybridized carbons (Fsp3) is 0.0526. The first-order valence-corrected chi connectivity index (χ1v) is 8.37. The van der Waals surface area contributed by atoms with Gasteiger partial charge in [0.05, 0.1) is 33.8 Å². The number of nitrogens with zero attached hydrogens (tertiary/aromatic N) is 1. The molecule has 3 rings (SSSR count). The predicted molar refractivity (Wildman–Crippen MR) is 99.8 cm³/mol. The molecule has 0 saturated heterocycles. The highest BCUT2D eigenvalue weighted by molar-refractivity contribution is 9.10. The Kier molecular flexibility index (Phi) is 4.81. The van der Waals surface area contributed by atoms with Gasteiger partial charge in [0.25, 0.3) is 5.56 Å². The molecule has 0 unspecified atom stereocenters. The van der Waals surface area contributed by atoms with Gasteiger partial charge in [-0.3, -0.25) is 9.89 Å². The number of carboxylic acid groups (broad SMARTS) is 1. The number of carbonyl (C=O) groups is 1. The van der Waals surface area contributed by atoms with Crippen molar-refractivity contribution >= 4 is 34.6 Å². The SMILES string of the molecule is C=c1[nH]n(-c2cccc(C(=O)[O-])c2)c(=O)/c1=C/c1ccc(OC)c(Br)c1. The fourth-order valence-corrected chi connectivity index (χ4v) is 3.10. The van der Waals surface area contributed by atoms with E-state index in [0.29, 0.717) is 22.0 Å². The Balaban J connectivity index is 2.14. The lowest BCUT2D eigenvalue weighted by Gasteiger charge is -2.05. The molecule has 0 aliphatic heterocycles. The summed E-state index contributed by atoms with van der Waals surface area (Å²) in [7, 11) is 1.57. The minimum Gasteiger partial charge on any atom is -0.545 e. The van der Waals surface area contributed by atoms with E-state index < -0.39 is 5.97 Å². The number of halogens is 1. The molecule has 6 nitrogen and oxygen atoms in total. The van der Waals surface area contributed by atoms with Crippen molar-refractivity contribution in [1.82, 2.24) is 9.78 Å². The van der Waals surface area contributed by atoms with Gasteiger partial charge in [-0.25, -0.2) is 4.68 Å². The average molecular weight is 414 g/mol. The van der Waals surface area contributed by atoms with Crippen molar-refractivity contribution < 1.29 is 14.6 Å². The summed E-state index contributed by atoms with van der Waals surface area (Å²) in [5.74, 6) is -0.626. The summed E-state index contributed by atoms with van der Waals surface area (Å²) in [5, 5.41) is 14.7. The zero-order valence-corrected chi connectivity index (χ0v) is 15.4. The number of benzene rings is 2. The van der Waals surface area contributed by atoms with E-state index in [2.05, 4.69) is 27.6 Å². The zero-order chi connectivity index (χ0) is 18.8. The maximum absolute atomic E-state index is 12.7. The molecule has 0 aliphatic carbocycles. The predicted octanol–water partition coefficient (Wildman–Crippen LogP) is 0.539. The van der Waals surface area contributed by atoms with Gasteiger partial charge >= 0.3 is 0 Å². The quantitative estimate of drug-likeness (QED) is 0.675. The van der Waals surface area contributed by atoms with Crippen LogP contribution >= 0.6 is 15.9 Å². The molecule has 0 saturated carbocycles. The highest BCUT2D eigenvalue weighted by Gasteiger charge is 2.07. The number of H-pyrrole nitrogens is 1. The van der Waals surface area contributed by atoms with Crippen molar-refractivity contribution in [1.29, 1.82) is 0 Å². The van der Waals surface area contributed by atoms with E-state index >= 15 is 0 Å². The molecule has 0 aliphatic rings. The first-order chi connectivity index (χ1) is 12.4. The second kappa shape index (κ2) is 7.05. The Morgan fingerprint density at radius 3 is 2.73 bits per heavy atom. The number of hydrogen-bond acceptors (Lipinski definition) is 4. The van der Waals surface area contributed by atoms with Gasteiger partial charge in [0.1, 0.15) is 5.75 Å². The maximum Gasteiger partial charge on any atom is 0.279 e. The Morgan fingerprint density at radius 2 is 2.08 bits per heavy atom. The van der Waals surface area contributed by atoms with Gasteiger partial charge in [0.15, 0.2) is 0 Å². The monoisotopic (exact) mass is 413 g/mol. The number of aromatic nitrogens is 2. The molecule has 0 atom stereocenters. The molecule has 0 amide bonds. The van der Waals surface area contributed by atoms with Crippen molar-refractivity contribution in [2.45, 2.75) is 0 Å². The number of carbonyl (C=O) groups excluding carboxylic acids is 1. The van der Waals surface area contributed by atoms with Crippen LogP contribution in [0.1, 0.15) is 15.9 Å². The van der Waals surface area contributed by atoms with E-state index in [9.17, 15) is 14.7 Å². The summed E-state index contributed by atoms with van der Waals surface area (Å²) in [6.07, 6.45) is 1.70. The molecule has 2 aromatic carbocycles. The topological polar surface area (TPSA) is 87.1 Å². The highest BCUT2D eigenvalue weighted by Crippen LogP contribution is 2.25. The largest absolute Gasteiger partial charge is 0.545 e. The number of hydrogen-bond donors (Lipinski definition) is 1. The minimum atomic E-state index is -1.31. The lowest BCUT2D eigenvalue weighted by atomic mass is 10.2. The third-order valence-electron chi connectivity index (χ3n) is 3.83. The van der Waals surface area contributed by atoms with E-state index in [1.165, 1.54) is 16.8 Å². The van der Waals surface area contributed by atoms with Gasteiger partial charge < -0.3 is 14.6 Å². The molecule has 1 N–H and O–H groups in total. The number of nitrogens with one attached hydrogen (secondary N) is 1. The van der Waals surface area contributed by atoms with E-state index in [1.54, 1.807) is 31.4 Å². The van der Waals surface area contributed by atoms with Gasteiger partial charge in [0.2, 0.25) is 0 Å². The molecule has 0 spiro atoms. The van der Waals surface area contributed by atoms with Gasteiger partial charge in [-0.1, -0.05) is 24.8 Å². The molecule has 0 fully saturated rings. The lowest BCUT2D eigenvalue weighted by Crippen LogP contribution is -2.34. The van der Waals surface area contributed by atoms with E-state index in [-0.39, 0.29) is 11.1 Å². The smallest absolute Gasteiger partial charge is 0.279 e. The highest BCUT2D eigenvalue weighted by atomic mass is 79.9. The van der Waals surface area contributed by atoms with E-state index in [4.69, 9.17) is 4.74 Å². The average Bonchev–Trinajstić information content (AvgIpc) is 2.90. The van der Waals surface area contributed by atoms with Crippen LogP contribution in [0.15, 0.2) is 51.7 Å². The number of aromatic carboxylic acids is 1. The van der Waals surface area contributed by atoms with E-state index in [0.717, 1.165) is 10.0 Å². The first kappa shape index (κ1) is 17.8. The van der Waals surface area contributed by atoms with Crippen LogP contribution in [0.3, 0.4) is 0 Å². The molecule has 0 bridgehead atoms. The summed E-state index contributed by atoms with van der Waals surface area (Å²) in [4.78, 5) is 23.8. The summed E-state index contributed by atoms with van der Waals surface area (Å²) < 4.78 is 7.20. The summed E-state index contributed by atoms with van der Waals surface area (Å²) >= 11 is 3.41. The lowest BCUT2D eigenvalue weighted by molar-refractivity contribution is -0.255. The van der Waals surface area contributed by atoms with Gasteiger partial charge in [0, 0.05) is 0 Å². The van der Waals surface area contributed by atoms with Crippen molar-refractivity contribution in [3.05, 3.63) is 79.0 Å². The number of rotatable bonds is 4. The minimum absolute atomic E-state index is 0.0146. The molecule has 0 radical (unpaired) electrons. The van der Waals surface area contributed by atoms with Crippen LogP contribution in [-0.4, -0.2) is 22.9 Å². The fourth-order valence-electron chi connectivity index (χ4n) is 2.54. The maximum atomic E-state index is 12.7. The van der Waals surface area contributed by atoms with Crippen molar-refractivity contribution in [3.63, 3.8) is 0 Å². The van der Waals surface area contributed by atoms with Crippen LogP contribution in [0, 0.1) is 0 Å². The van der Waals surface area contributed by atoms with Crippen LogP contribution in [0.5, 0.6) is 5.75 Å². The Hall–Kier alpha value is -3.06. The van der Waals surface area contributed by atoms with Crippen molar-refractivity contribution in [2.24, 2.45) is 0 Å². The Labute approximate surface area is 156 Å². The third-order valence-corrected chi connectivity index (χ3v) is 4.45. The van der Waals surface area contributed by atoms with Crippen LogP contribution < -0.4 is 26.0 Å². The molecular formula is C19H14BrN2O4-. The third kappa shape index (κ3) is 3.34. The molecule has 26 heavy (non-hydrogen) atoms. The van der Waals surface area contributed by atoms with Crippen LogP contribution in [-0.2, 0) is 0 Å².